The van der Waals surface area contributed by atoms with Crippen LogP contribution in [0.25, 0.3) is 16.8 Å². The number of rotatable bonds is 10. The van der Waals surface area contributed by atoms with Gasteiger partial charge in [-0.05, 0) is 74.1 Å². The third-order valence-electron chi connectivity index (χ3n) is 6.49. The molecule has 1 heterocycles. The molecule has 34 heavy (non-hydrogen) atoms. The number of hydroxylamine groups is 1. The van der Waals surface area contributed by atoms with Crippen LogP contribution >= 0.6 is 0 Å². The standard InChI is InChI=1S/C28H33N3O3/c1-31-17-5-8-25(31)15-16-29-19-22(18-21-11-13-24(14-12-21)28(32)30-33)20-34-27-10-4-7-23-6-2-3-9-26(23)27/h2-4,6-7,9-14,18,25,29,33H,5,8,15-17,19-20H2,1H3,(H,30,32)/b22-18-. The van der Waals surface area contributed by atoms with E-state index < -0.39 is 5.91 Å². The maximum Gasteiger partial charge on any atom is 0.274 e. The van der Waals surface area contributed by atoms with E-state index in [9.17, 15) is 4.79 Å². The van der Waals surface area contributed by atoms with Gasteiger partial charge in [-0.15, -0.1) is 0 Å². The number of benzene rings is 3. The summed E-state index contributed by atoms with van der Waals surface area (Å²) in [6, 6.07) is 22.1. The van der Waals surface area contributed by atoms with Gasteiger partial charge in [-0.1, -0.05) is 54.6 Å². The van der Waals surface area contributed by atoms with Gasteiger partial charge >= 0.3 is 0 Å². The molecule has 1 aliphatic rings. The number of carbonyl (C=O) groups excluding carboxylic acids is 1. The van der Waals surface area contributed by atoms with Crippen LogP contribution in [-0.2, 0) is 0 Å². The van der Waals surface area contributed by atoms with Crippen molar-refractivity contribution < 1.29 is 14.7 Å². The smallest absolute Gasteiger partial charge is 0.274 e. The summed E-state index contributed by atoms with van der Waals surface area (Å²) in [6.45, 7) is 3.33. The minimum atomic E-state index is -0.520. The molecule has 1 unspecified atom stereocenters. The van der Waals surface area contributed by atoms with Crippen molar-refractivity contribution in [1.29, 1.82) is 0 Å². The average Bonchev–Trinajstić information content (AvgIpc) is 3.29. The minimum Gasteiger partial charge on any atom is -0.489 e. The van der Waals surface area contributed by atoms with E-state index in [2.05, 4.69) is 41.5 Å². The molecule has 3 aromatic carbocycles. The zero-order chi connectivity index (χ0) is 23.8. The van der Waals surface area contributed by atoms with Crippen LogP contribution in [0.2, 0.25) is 0 Å². The van der Waals surface area contributed by atoms with Crippen molar-refractivity contribution in [3.05, 3.63) is 83.4 Å². The largest absolute Gasteiger partial charge is 0.489 e. The normalized spacial score (nSPS) is 16.6. The Bertz CT molecular complexity index is 1120. The molecule has 0 aromatic heterocycles. The average molecular weight is 460 g/mol. The maximum atomic E-state index is 11.6. The Balaban J connectivity index is 1.44. The molecule has 0 radical (unpaired) electrons. The van der Waals surface area contributed by atoms with Crippen molar-refractivity contribution in [2.45, 2.75) is 25.3 Å². The molecule has 178 valence electrons. The van der Waals surface area contributed by atoms with E-state index in [0.717, 1.165) is 47.2 Å². The molecule has 3 N–H and O–H groups in total. The van der Waals surface area contributed by atoms with Crippen LogP contribution in [0, 0.1) is 0 Å². The van der Waals surface area contributed by atoms with E-state index in [1.807, 2.05) is 36.4 Å². The number of hydrogen-bond donors (Lipinski definition) is 3. The Morgan fingerprint density at radius 1 is 1.12 bits per heavy atom. The van der Waals surface area contributed by atoms with Crippen LogP contribution in [0.1, 0.15) is 35.2 Å². The molecule has 6 nitrogen and oxygen atoms in total. The fourth-order valence-corrected chi connectivity index (χ4v) is 4.53. The molecule has 1 aliphatic heterocycles. The molecule has 1 amide bonds. The van der Waals surface area contributed by atoms with E-state index in [0.29, 0.717) is 18.2 Å². The summed E-state index contributed by atoms with van der Waals surface area (Å²) >= 11 is 0. The fraction of sp³-hybridized carbons (Fsp3) is 0.321. The second-order valence-corrected chi connectivity index (χ2v) is 8.87. The van der Waals surface area contributed by atoms with Crippen molar-refractivity contribution in [3.8, 4) is 5.75 Å². The molecule has 1 saturated heterocycles. The minimum absolute atomic E-state index is 0.409. The Hall–Kier alpha value is -3.19. The zero-order valence-corrected chi connectivity index (χ0v) is 19.7. The first-order chi connectivity index (χ1) is 16.6. The van der Waals surface area contributed by atoms with Crippen molar-refractivity contribution in [1.82, 2.24) is 15.7 Å². The van der Waals surface area contributed by atoms with Crippen molar-refractivity contribution in [2.24, 2.45) is 0 Å². The van der Waals surface area contributed by atoms with E-state index in [-0.39, 0.29) is 0 Å². The molecule has 3 aromatic rings. The van der Waals surface area contributed by atoms with Crippen molar-refractivity contribution in [3.63, 3.8) is 0 Å². The van der Waals surface area contributed by atoms with Crippen LogP contribution < -0.4 is 15.5 Å². The molecular weight excluding hydrogens is 426 g/mol. The van der Waals surface area contributed by atoms with Gasteiger partial charge in [-0.25, -0.2) is 5.48 Å². The Kier molecular flexibility index (Phi) is 8.31. The topological polar surface area (TPSA) is 73.8 Å². The SMILES string of the molecule is CN1CCCC1CCNC/C(=C/c1ccc(C(=O)NO)cc1)COc1cccc2ccccc12. The Morgan fingerprint density at radius 2 is 1.91 bits per heavy atom. The first-order valence-electron chi connectivity index (χ1n) is 11.9. The van der Waals surface area contributed by atoms with Gasteiger partial charge in [0.15, 0.2) is 0 Å². The van der Waals surface area contributed by atoms with Crippen LogP contribution in [0.3, 0.4) is 0 Å². The van der Waals surface area contributed by atoms with Gasteiger partial charge in [0.05, 0.1) is 0 Å². The predicted molar refractivity (Wildman–Crippen MR) is 136 cm³/mol. The Labute approximate surface area is 201 Å². The number of fused-ring (bicyclic) bond motifs is 1. The quantitative estimate of drug-likeness (QED) is 0.237. The molecular formula is C28H33N3O3. The molecule has 4 rings (SSSR count). The summed E-state index contributed by atoms with van der Waals surface area (Å²) in [4.78, 5) is 14.1. The van der Waals surface area contributed by atoms with E-state index in [1.54, 1.807) is 17.6 Å². The van der Waals surface area contributed by atoms with Gasteiger partial charge in [0.25, 0.3) is 5.91 Å². The third kappa shape index (κ3) is 6.23. The number of hydrogen-bond acceptors (Lipinski definition) is 5. The lowest BCUT2D eigenvalue weighted by Crippen LogP contribution is -2.30. The Morgan fingerprint density at radius 3 is 2.68 bits per heavy atom. The first kappa shape index (κ1) is 24.0. The number of ether oxygens (including phenoxy) is 1. The van der Waals surface area contributed by atoms with Crippen LogP contribution in [0.5, 0.6) is 5.75 Å². The number of likely N-dealkylation sites (tertiary alicyclic amines) is 1. The lowest BCUT2D eigenvalue weighted by molar-refractivity contribution is 0.0706. The van der Waals surface area contributed by atoms with Gasteiger partial charge in [0, 0.05) is 23.5 Å². The summed E-state index contributed by atoms with van der Waals surface area (Å²) < 4.78 is 6.27. The van der Waals surface area contributed by atoms with Crippen LogP contribution in [0.15, 0.2) is 72.3 Å². The van der Waals surface area contributed by atoms with Gasteiger partial charge in [0.2, 0.25) is 0 Å². The highest BCUT2D eigenvalue weighted by molar-refractivity contribution is 5.93. The van der Waals surface area contributed by atoms with Crippen molar-refractivity contribution >= 4 is 22.8 Å². The van der Waals surface area contributed by atoms with Gasteiger partial charge < -0.3 is 15.0 Å². The number of nitrogens with zero attached hydrogens (tertiary/aromatic N) is 1. The monoisotopic (exact) mass is 459 g/mol. The van der Waals surface area contributed by atoms with Gasteiger partial charge in [-0.2, -0.15) is 0 Å². The molecule has 0 bridgehead atoms. The molecule has 6 heteroatoms. The lowest BCUT2D eigenvalue weighted by atomic mass is 10.1. The van der Waals surface area contributed by atoms with Gasteiger partial charge in [0.1, 0.15) is 12.4 Å². The van der Waals surface area contributed by atoms with Crippen LogP contribution in [0.4, 0.5) is 0 Å². The number of carbonyl (C=O) groups is 1. The fourth-order valence-electron chi connectivity index (χ4n) is 4.53. The molecule has 1 fully saturated rings. The summed E-state index contributed by atoms with van der Waals surface area (Å²) in [6.07, 6.45) is 5.80. The highest BCUT2D eigenvalue weighted by Gasteiger charge is 2.19. The summed E-state index contributed by atoms with van der Waals surface area (Å²) in [7, 11) is 2.21. The maximum absolute atomic E-state index is 11.6. The highest BCUT2D eigenvalue weighted by atomic mass is 16.5. The van der Waals surface area contributed by atoms with E-state index in [1.165, 1.54) is 19.4 Å². The second kappa shape index (κ2) is 11.8. The predicted octanol–water partition coefficient (Wildman–Crippen LogP) is 4.50. The lowest BCUT2D eigenvalue weighted by Gasteiger charge is -2.19. The van der Waals surface area contributed by atoms with E-state index >= 15 is 0 Å². The first-order valence-corrected chi connectivity index (χ1v) is 11.9. The van der Waals surface area contributed by atoms with Crippen molar-refractivity contribution in [2.75, 3.05) is 33.3 Å². The number of nitrogens with one attached hydrogen (secondary N) is 2. The molecule has 0 saturated carbocycles. The summed E-state index contributed by atoms with van der Waals surface area (Å²) in [5.41, 5.74) is 4.17. The summed E-state index contributed by atoms with van der Waals surface area (Å²) in [5.74, 6) is 0.347. The third-order valence-corrected chi connectivity index (χ3v) is 6.49. The summed E-state index contributed by atoms with van der Waals surface area (Å²) in [5, 5.41) is 14.7. The molecule has 0 aliphatic carbocycles. The number of amides is 1. The highest BCUT2D eigenvalue weighted by Crippen LogP contribution is 2.25. The molecule has 0 spiro atoms. The van der Waals surface area contributed by atoms with Gasteiger partial charge in [-0.3, -0.25) is 10.0 Å². The molecule has 1 atom stereocenters. The van der Waals surface area contributed by atoms with Crippen LogP contribution in [-0.4, -0.2) is 55.3 Å². The van der Waals surface area contributed by atoms with E-state index in [4.69, 9.17) is 9.94 Å². The second-order valence-electron chi connectivity index (χ2n) is 8.87. The zero-order valence-electron chi connectivity index (χ0n) is 19.7.